The number of ether oxygens (including phenoxy) is 1. The zero-order valence-electron chi connectivity index (χ0n) is 18.3. The van der Waals surface area contributed by atoms with Crippen molar-refractivity contribution < 1.29 is 14.6 Å². The standard InChI is InChI=1S/C21H31N7O3/c1-21(6-3-9-26(21)2)14-31-19-24-17-12-23-8-5-16(17)18(25-19)27-10-11-28(20(29)30)15(13-27)4-7-22/h15,23H,3-6,8-14H2,1-2H3,(H,29,30)/t15-,21?/m0/s1. The molecule has 1 aromatic rings. The van der Waals surface area contributed by atoms with Crippen LogP contribution in [0, 0.1) is 11.3 Å². The number of hydrogen-bond donors (Lipinski definition) is 2. The van der Waals surface area contributed by atoms with Crippen molar-refractivity contribution in [3.63, 3.8) is 0 Å². The average Bonchev–Trinajstić information content (AvgIpc) is 3.10. The first-order valence-electron chi connectivity index (χ1n) is 11.0. The third-order valence-corrected chi connectivity index (χ3v) is 6.89. The number of carbonyl (C=O) groups is 1. The van der Waals surface area contributed by atoms with Crippen LogP contribution < -0.4 is 15.0 Å². The zero-order chi connectivity index (χ0) is 22.0. The van der Waals surface area contributed by atoms with Gasteiger partial charge in [-0.3, -0.25) is 4.90 Å². The highest BCUT2D eigenvalue weighted by atomic mass is 16.5. The first kappa shape index (κ1) is 21.6. The summed E-state index contributed by atoms with van der Waals surface area (Å²) in [6, 6.07) is 2.12. The number of nitriles is 1. The van der Waals surface area contributed by atoms with Crippen molar-refractivity contribution >= 4 is 11.9 Å². The summed E-state index contributed by atoms with van der Waals surface area (Å²) in [5, 5.41) is 22.0. The lowest BCUT2D eigenvalue weighted by atomic mass is 10.0. The van der Waals surface area contributed by atoms with Crippen molar-refractivity contribution in [2.45, 2.75) is 50.7 Å². The molecule has 10 nitrogen and oxygen atoms in total. The van der Waals surface area contributed by atoms with Gasteiger partial charge in [0.05, 0.1) is 29.8 Å². The molecule has 0 aromatic carbocycles. The van der Waals surface area contributed by atoms with Crippen LogP contribution in [0.15, 0.2) is 0 Å². The fraction of sp³-hybridized carbons (Fsp3) is 0.714. The van der Waals surface area contributed by atoms with Crippen molar-refractivity contribution in [1.29, 1.82) is 5.26 Å². The van der Waals surface area contributed by atoms with E-state index in [1.165, 1.54) is 4.90 Å². The quantitative estimate of drug-likeness (QED) is 0.708. The minimum atomic E-state index is -0.980. The molecule has 4 rings (SSSR count). The Hall–Kier alpha value is -2.64. The first-order valence-corrected chi connectivity index (χ1v) is 11.0. The largest absolute Gasteiger partial charge is 0.465 e. The van der Waals surface area contributed by atoms with E-state index in [2.05, 4.69) is 40.1 Å². The van der Waals surface area contributed by atoms with Crippen molar-refractivity contribution in [3.8, 4) is 12.1 Å². The summed E-state index contributed by atoms with van der Waals surface area (Å²) in [7, 11) is 2.12. The maximum Gasteiger partial charge on any atom is 0.407 e. The van der Waals surface area contributed by atoms with Crippen LogP contribution in [0.1, 0.15) is 37.4 Å². The Morgan fingerprint density at radius 3 is 2.94 bits per heavy atom. The number of likely N-dealkylation sites (N-methyl/N-ethyl adjacent to an activating group) is 1. The summed E-state index contributed by atoms with van der Waals surface area (Å²) < 4.78 is 6.12. The van der Waals surface area contributed by atoms with Crippen molar-refractivity contribution in [2.24, 2.45) is 0 Å². The molecule has 2 atom stereocenters. The minimum Gasteiger partial charge on any atom is -0.465 e. The van der Waals surface area contributed by atoms with Crippen molar-refractivity contribution in [2.75, 3.05) is 51.3 Å². The maximum atomic E-state index is 11.6. The van der Waals surface area contributed by atoms with E-state index in [4.69, 9.17) is 9.72 Å². The molecule has 0 saturated carbocycles. The summed E-state index contributed by atoms with van der Waals surface area (Å²) in [4.78, 5) is 26.8. The molecule has 168 valence electrons. The van der Waals surface area contributed by atoms with E-state index < -0.39 is 6.09 Å². The number of rotatable bonds is 5. The van der Waals surface area contributed by atoms with Crippen LogP contribution >= 0.6 is 0 Å². The number of hydrogen-bond acceptors (Lipinski definition) is 8. The minimum absolute atomic E-state index is 0.0251. The average molecular weight is 430 g/mol. The Labute approximate surface area is 182 Å². The monoisotopic (exact) mass is 429 g/mol. The van der Waals surface area contributed by atoms with Gasteiger partial charge >= 0.3 is 12.1 Å². The summed E-state index contributed by atoms with van der Waals surface area (Å²) in [5.41, 5.74) is 2.01. The highest BCUT2D eigenvalue weighted by Crippen LogP contribution is 2.31. The number of fused-ring (bicyclic) bond motifs is 1. The van der Waals surface area contributed by atoms with Gasteiger partial charge in [-0.25, -0.2) is 4.79 Å². The van der Waals surface area contributed by atoms with E-state index in [1.807, 2.05) is 0 Å². The van der Waals surface area contributed by atoms with E-state index in [0.717, 1.165) is 49.4 Å². The van der Waals surface area contributed by atoms with Crippen LogP contribution in [-0.2, 0) is 13.0 Å². The summed E-state index contributed by atoms with van der Waals surface area (Å²) in [5.74, 6) is 0.819. The molecule has 0 bridgehead atoms. The number of likely N-dealkylation sites (tertiary alicyclic amines) is 1. The lowest BCUT2D eigenvalue weighted by molar-refractivity contribution is 0.107. The Morgan fingerprint density at radius 2 is 2.23 bits per heavy atom. The molecule has 0 radical (unpaired) electrons. The molecular formula is C21H31N7O3. The van der Waals surface area contributed by atoms with Crippen LogP contribution in [0.4, 0.5) is 10.6 Å². The van der Waals surface area contributed by atoms with Crippen LogP contribution in [-0.4, -0.2) is 88.9 Å². The van der Waals surface area contributed by atoms with Gasteiger partial charge in [-0.2, -0.15) is 15.2 Å². The van der Waals surface area contributed by atoms with Crippen LogP contribution in [0.5, 0.6) is 6.01 Å². The molecular weight excluding hydrogens is 398 g/mol. The highest BCUT2D eigenvalue weighted by molar-refractivity contribution is 5.66. The second-order valence-corrected chi connectivity index (χ2v) is 8.93. The summed E-state index contributed by atoms with van der Waals surface area (Å²) in [6.45, 7) is 6.63. The van der Waals surface area contributed by atoms with Gasteiger partial charge in [-0.1, -0.05) is 0 Å². The Balaban J connectivity index is 1.58. The zero-order valence-corrected chi connectivity index (χ0v) is 18.3. The number of anilines is 1. The SMILES string of the molecule is CN1CCCC1(C)COc1nc2c(c(N3CCN(C(=O)O)[C@@H](CC#N)C3)n1)CCNC2. The van der Waals surface area contributed by atoms with E-state index in [0.29, 0.717) is 38.8 Å². The molecule has 0 spiro atoms. The van der Waals surface area contributed by atoms with Crippen molar-refractivity contribution in [3.05, 3.63) is 11.3 Å². The lowest BCUT2D eigenvalue weighted by Crippen LogP contribution is -2.55. The van der Waals surface area contributed by atoms with E-state index in [-0.39, 0.29) is 18.0 Å². The molecule has 3 aliphatic heterocycles. The van der Waals surface area contributed by atoms with Gasteiger partial charge < -0.3 is 25.0 Å². The van der Waals surface area contributed by atoms with Crippen LogP contribution in [0.2, 0.25) is 0 Å². The van der Waals surface area contributed by atoms with E-state index in [9.17, 15) is 15.2 Å². The second kappa shape index (κ2) is 8.85. The predicted octanol–water partition coefficient (Wildman–Crippen LogP) is 1.07. The van der Waals surface area contributed by atoms with Gasteiger partial charge in [0.1, 0.15) is 12.4 Å². The topological polar surface area (TPSA) is 118 Å². The second-order valence-electron chi connectivity index (χ2n) is 8.93. The fourth-order valence-electron chi connectivity index (χ4n) is 4.78. The molecule has 3 aliphatic rings. The van der Waals surface area contributed by atoms with Gasteiger partial charge in [0.15, 0.2) is 0 Å². The van der Waals surface area contributed by atoms with Gasteiger partial charge in [0.25, 0.3) is 0 Å². The van der Waals surface area contributed by atoms with Gasteiger partial charge in [-0.05, 0) is 46.3 Å². The molecule has 0 aliphatic carbocycles. The van der Waals surface area contributed by atoms with E-state index >= 15 is 0 Å². The van der Waals surface area contributed by atoms with Gasteiger partial charge in [0, 0.05) is 31.7 Å². The van der Waals surface area contributed by atoms with Gasteiger partial charge in [-0.15, -0.1) is 0 Å². The molecule has 4 heterocycles. The molecule has 2 fully saturated rings. The normalized spacial score (nSPS) is 26.4. The molecule has 1 unspecified atom stereocenters. The van der Waals surface area contributed by atoms with Crippen molar-refractivity contribution in [1.82, 2.24) is 25.1 Å². The molecule has 2 saturated heterocycles. The fourth-order valence-corrected chi connectivity index (χ4v) is 4.78. The number of nitrogens with zero attached hydrogens (tertiary/aromatic N) is 6. The Morgan fingerprint density at radius 1 is 1.39 bits per heavy atom. The Kier molecular flexibility index (Phi) is 6.16. The Bertz CT molecular complexity index is 873. The van der Waals surface area contributed by atoms with Crippen LogP contribution in [0.3, 0.4) is 0 Å². The summed E-state index contributed by atoms with van der Waals surface area (Å²) >= 11 is 0. The van der Waals surface area contributed by atoms with Gasteiger partial charge in [0.2, 0.25) is 0 Å². The summed E-state index contributed by atoms with van der Waals surface area (Å²) in [6.07, 6.45) is 2.23. The third kappa shape index (κ3) is 4.38. The number of aromatic nitrogens is 2. The van der Waals surface area contributed by atoms with E-state index in [1.54, 1.807) is 0 Å². The maximum absolute atomic E-state index is 11.6. The molecule has 1 amide bonds. The first-order chi connectivity index (χ1) is 14.9. The number of carboxylic acid groups (broad SMARTS) is 1. The molecule has 2 N–H and O–H groups in total. The molecule has 10 heteroatoms. The predicted molar refractivity (Wildman–Crippen MR) is 114 cm³/mol. The molecule has 1 aromatic heterocycles. The third-order valence-electron chi connectivity index (χ3n) is 6.89. The lowest BCUT2D eigenvalue weighted by Gasteiger charge is -2.40. The smallest absolute Gasteiger partial charge is 0.407 e. The van der Waals surface area contributed by atoms with Crippen LogP contribution in [0.25, 0.3) is 0 Å². The molecule has 31 heavy (non-hydrogen) atoms. The number of amides is 1. The number of piperazine rings is 1. The highest BCUT2D eigenvalue weighted by Gasteiger charge is 2.36. The number of nitrogens with one attached hydrogen (secondary N) is 1.